The molecule has 0 saturated carbocycles. The molecule has 0 bridgehead atoms. The Morgan fingerprint density at radius 1 is 1.29 bits per heavy atom. The molecule has 0 aromatic heterocycles. The van der Waals surface area contributed by atoms with Gasteiger partial charge in [0.2, 0.25) is 12.7 Å². The Kier molecular flexibility index (Phi) is 4.83. The number of hydrogen-bond donors (Lipinski definition) is 3. The maximum absolute atomic E-state index is 12.0. The Labute approximate surface area is 121 Å². The summed E-state index contributed by atoms with van der Waals surface area (Å²) < 4.78 is 15.1. The third-order valence-corrected chi connectivity index (χ3v) is 2.83. The van der Waals surface area contributed by atoms with Crippen molar-refractivity contribution in [3.63, 3.8) is 0 Å². The summed E-state index contributed by atoms with van der Waals surface area (Å²) in [6, 6.07) is 3.02. The fourth-order valence-electron chi connectivity index (χ4n) is 1.77. The van der Waals surface area contributed by atoms with Gasteiger partial charge in [0.05, 0.1) is 18.7 Å². The van der Waals surface area contributed by atoms with Crippen LogP contribution in [0.4, 0.5) is 5.69 Å². The van der Waals surface area contributed by atoms with Gasteiger partial charge in [-0.3, -0.25) is 9.59 Å². The number of rotatable bonds is 6. The number of fused-ring (bicyclic) bond motifs is 1. The van der Waals surface area contributed by atoms with Gasteiger partial charge in [-0.05, 0) is 6.07 Å². The molecule has 1 aliphatic rings. The van der Waals surface area contributed by atoms with E-state index in [1.807, 2.05) is 0 Å². The predicted octanol–water partition coefficient (Wildman–Crippen LogP) is -0.510. The molecule has 0 aliphatic carbocycles. The van der Waals surface area contributed by atoms with Crippen LogP contribution >= 0.6 is 0 Å². The van der Waals surface area contributed by atoms with E-state index in [1.54, 1.807) is 0 Å². The van der Waals surface area contributed by atoms with Crippen LogP contribution in [-0.2, 0) is 9.53 Å². The van der Waals surface area contributed by atoms with Gasteiger partial charge in [0.1, 0.15) is 0 Å². The first kappa shape index (κ1) is 14.9. The van der Waals surface area contributed by atoms with Crippen molar-refractivity contribution in [2.24, 2.45) is 0 Å². The van der Waals surface area contributed by atoms with E-state index in [0.717, 1.165) is 0 Å². The Morgan fingerprint density at radius 2 is 2.00 bits per heavy atom. The normalized spacial score (nSPS) is 12.0. The van der Waals surface area contributed by atoms with Crippen molar-refractivity contribution < 1.29 is 23.8 Å². The van der Waals surface area contributed by atoms with E-state index in [2.05, 4.69) is 10.6 Å². The SMILES string of the molecule is COCCNC(=O)CNC(=O)c1cc2c(cc1N)OCO2. The first-order chi connectivity index (χ1) is 10.1. The molecular weight excluding hydrogens is 278 g/mol. The lowest BCUT2D eigenvalue weighted by Crippen LogP contribution is -2.38. The van der Waals surface area contributed by atoms with Crippen LogP contribution in [0.1, 0.15) is 10.4 Å². The Bertz CT molecular complexity index is 547. The van der Waals surface area contributed by atoms with Crippen molar-refractivity contribution in [1.29, 1.82) is 0 Å². The number of carbonyl (C=O) groups excluding carboxylic acids is 2. The zero-order valence-electron chi connectivity index (χ0n) is 11.6. The van der Waals surface area contributed by atoms with E-state index in [1.165, 1.54) is 19.2 Å². The van der Waals surface area contributed by atoms with Crippen LogP contribution in [0.3, 0.4) is 0 Å². The molecule has 0 radical (unpaired) electrons. The van der Waals surface area contributed by atoms with Gasteiger partial charge < -0.3 is 30.6 Å². The summed E-state index contributed by atoms with van der Waals surface area (Å²) in [6.07, 6.45) is 0. The van der Waals surface area contributed by atoms with Gasteiger partial charge in [-0.2, -0.15) is 0 Å². The average molecular weight is 295 g/mol. The van der Waals surface area contributed by atoms with Crippen LogP contribution in [0.2, 0.25) is 0 Å². The quantitative estimate of drug-likeness (QED) is 0.481. The molecule has 1 aromatic rings. The van der Waals surface area contributed by atoms with Crippen molar-refractivity contribution in [2.75, 3.05) is 39.3 Å². The number of hydrogen-bond acceptors (Lipinski definition) is 6. The molecule has 2 amide bonds. The Balaban J connectivity index is 1.90. The van der Waals surface area contributed by atoms with E-state index < -0.39 is 5.91 Å². The molecule has 1 heterocycles. The summed E-state index contributed by atoms with van der Waals surface area (Å²) in [5.41, 5.74) is 6.29. The van der Waals surface area contributed by atoms with Gasteiger partial charge in [-0.25, -0.2) is 0 Å². The van der Waals surface area contributed by atoms with Gasteiger partial charge in [0, 0.05) is 25.4 Å². The minimum atomic E-state index is -0.451. The number of anilines is 1. The van der Waals surface area contributed by atoms with Crippen molar-refractivity contribution in [2.45, 2.75) is 0 Å². The van der Waals surface area contributed by atoms with Crippen LogP contribution in [0, 0.1) is 0 Å². The number of methoxy groups -OCH3 is 1. The first-order valence-electron chi connectivity index (χ1n) is 6.34. The van der Waals surface area contributed by atoms with Crippen molar-refractivity contribution in [3.05, 3.63) is 17.7 Å². The summed E-state index contributed by atoms with van der Waals surface area (Å²) in [5.74, 6) is 0.202. The highest BCUT2D eigenvalue weighted by Crippen LogP contribution is 2.35. The van der Waals surface area contributed by atoms with Crippen LogP contribution < -0.4 is 25.8 Å². The number of nitrogens with one attached hydrogen (secondary N) is 2. The van der Waals surface area contributed by atoms with Gasteiger partial charge in [0.25, 0.3) is 5.91 Å². The third kappa shape index (κ3) is 3.76. The number of benzene rings is 1. The van der Waals surface area contributed by atoms with Crippen LogP contribution in [-0.4, -0.2) is 45.4 Å². The Hall–Kier alpha value is -2.48. The largest absolute Gasteiger partial charge is 0.454 e. The molecule has 1 aromatic carbocycles. The fraction of sp³-hybridized carbons (Fsp3) is 0.385. The number of amides is 2. The van der Waals surface area contributed by atoms with E-state index in [-0.39, 0.29) is 30.5 Å². The summed E-state index contributed by atoms with van der Waals surface area (Å²) in [4.78, 5) is 23.5. The maximum Gasteiger partial charge on any atom is 0.253 e. The molecule has 8 nitrogen and oxygen atoms in total. The lowest BCUT2D eigenvalue weighted by atomic mass is 10.1. The average Bonchev–Trinajstić information content (AvgIpc) is 2.91. The molecule has 114 valence electrons. The topological polar surface area (TPSA) is 112 Å². The second kappa shape index (κ2) is 6.80. The number of ether oxygens (including phenoxy) is 3. The molecule has 0 unspecified atom stereocenters. The highest BCUT2D eigenvalue weighted by Gasteiger charge is 2.19. The zero-order valence-corrected chi connectivity index (χ0v) is 11.6. The van der Waals surface area contributed by atoms with E-state index in [4.69, 9.17) is 19.9 Å². The molecule has 8 heteroatoms. The van der Waals surface area contributed by atoms with Crippen molar-refractivity contribution in [3.8, 4) is 11.5 Å². The van der Waals surface area contributed by atoms with Crippen LogP contribution in [0.5, 0.6) is 11.5 Å². The molecule has 4 N–H and O–H groups in total. The molecule has 2 rings (SSSR count). The first-order valence-corrected chi connectivity index (χ1v) is 6.34. The minimum absolute atomic E-state index is 0.0990. The van der Waals surface area contributed by atoms with E-state index >= 15 is 0 Å². The smallest absolute Gasteiger partial charge is 0.253 e. The van der Waals surface area contributed by atoms with Gasteiger partial charge in [0.15, 0.2) is 11.5 Å². The van der Waals surface area contributed by atoms with Gasteiger partial charge in [-0.1, -0.05) is 0 Å². The standard InChI is InChI=1S/C13H17N3O5/c1-19-3-2-15-12(17)6-16-13(18)8-4-10-11(5-9(8)14)21-7-20-10/h4-5H,2-3,6-7,14H2,1H3,(H,15,17)(H,16,18). The monoisotopic (exact) mass is 295 g/mol. The maximum atomic E-state index is 12.0. The number of nitrogen functional groups attached to an aromatic ring is 1. The molecule has 0 fully saturated rings. The zero-order chi connectivity index (χ0) is 15.2. The molecule has 21 heavy (non-hydrogen) atoms. The van der Waals surface area contributed by atoms with Crippen molar-refractivity contribution >= 4 is 17.5 Å². The molecule has 0 atom stereocenters. The second-order valence-corrected chi connectivity index (χ2v) is 4.32. The Morgan fingerprint density at radius 3 is 2.71 bits per heavy atom. The molecule has 0 spiro atoms. The van der Waals surface area contributed by atoms with Gasteiger partial charge >= 0.3 is 0 Å². The summed E-state index contributed by atoms with van der Waals surface area (Å²) >= 11 is 0. The second-order valence-electron chi connectivity index (χ2n) is 4.32. The predicted molar refractivity (Wildman–Crippen MR) is 74.2 cm³/mol. The number of nitrogens with two attached hydrogens (primary N) is 1. The number of carbonyl (C=O) groups is 2. The fourth-order valence-corrected chi connectivity index (χ4v) is 1.77. The van der Waals surface area contributed by atoms with Gasteiger partial charge in [-0.15, -0.1) is 0 Å². The summed E-state index contributed by atoms with van der Waals surface area (Å²) in [6.45, 7) is 0.754. The molecular formula is C13H17N3O5. The molecule has 1 aliphatic heterocycles. The highest BCUT2D eigenvalue weighted by molar-refractivity contribution is 6.01. The lowest BCUT2D eigenvalue weighted by molar-refractivity contribution is -0.120. The van der Waals surface area contributed by atoms with Crippen LogP contribution in [0.25, 0.3) is 0 Å². The van der Waals surface area contributed by atoms with E-state index in [9.17, 15) is 9.59 Å². The van der Waals surface area contributed by atoms with Crippen LogP contribution in [0.15, 0.2) is 12.1 Å². The summed E-state index contributed by atoms with van der Waals surface area (Å²) in [7, 11) is 1.54. The van der Waals surface area contributed by atoms with Crippen molar-refractivity contribution in [1.82, 2.24) is 10.6 Å². The highest BCUT2D eigenvalue weighted by atomic mass is 16.7. The van der Waals surface area contributed by atoms with E-state index in [0.29, 0.717) is 24.7 Å². The molecule has 0 saturated heterocycles. The third-order valence-electron chi connectivity index (χ3n) is 2.83. The lowest BCUT2D eigenvalue weighted by Gasteiger charge is -2.09. The minimum Gasteiger partial charge on any atom is -0.454 e. The summed E-state index contributed by atoms with van der Waals surface area (Å²) in [5, 5.41) is 5.08.